The minimum atomic E-state index is -1.19. The molecule has 7 nitrogen and oxygen atoms in total. The van der Waals surface area contributed by atoms with Crippen LogP contribution in [0.3, 0.4) is 0 Å². The topological polar surface area (TPSA) is 116 Å². The van der Waals surface area contributed by atoms with Gasteiger partial charge in [-0.05, 0) is 108 Å². The number of carbonyl (C=O) groups excluding carboxylic acids is 1. The summed E-state index contributed by atoms with van der Waals surface area (Å²) >= 11 is 0. The average Bonchev–Trinajstić information content (AvgIpc) is 3.35. The monoisotopic (exact) mass is 582 g/mol. The molecule has 6 rings (SSSR count). The molecule has 0 aromatic heterocycles. The van der Waals surface area contributed by atoms with Crippen LogP contribution >= 0.6 is 0 Å². The Morgan fingerprint density at radius 1 is 0.976 bits per heavy atom. The fourth-order valence-corrected chi connectivity index (χ4v) is 10.2. The Morgan fingerprint density at radius 2 is 1.67 bits per heavy atom. The summed E-state index contributed by atoms with van der Waals surface area (Å²) in [6.07, 6.45) is 4.20. The molecule has 0 spiro atoms. The van der Waals surface area contributed by atoms with E-state index in [1.165, 1.54) is 0 Å². The number of fused-ring (bicyclic) bond motifs is 5. The van der Waals surface area contributed by atoms with E-state index in [4.69, 9.17) is 9.47 Å². The first kappa shape index (κ1) is 30.4. The van der Waals surface area contributed by atoms with Gasteiger partial charge < -0.3 is 29.9 Å². The van der Waals surface area contributed by atoms with Gasteiger partial charge in [0.05, 0.1) is 35.1 Å². The van der Waals surface area contributed by atoms with Crippen molar-refractivity contribution in [3.8, 4) is 0 Å². The summed E-state index contributed by atoms with van der Waals surface area (Å²) in [5.74, 6) is -1.46. The first-order valence-corrected chi connectivity index (χ1v) is 16.0. The Bertz CT molecular complexity index is 1260. The van der Waals surface area contributed by atoms with Gasteiger partial charge in [0.15, 0.2) is 11.6 Å². The highest BCUT2D eigenvalue weighted by Gasteiger charge is 2.71. The number of aliphatic hydroxyl groups excluding tert-OH is 2. The number of carbonyl (C=O) groups is 1. The molecule has 1 saturated heterocycles. The van der Waals surface area contributed by atoms with Gasteiger partial charge in [-0.2, -0.15) is 0 Å². The molecule has 0 radical (unpaired) electrons. The smallest absolute Gasteiger partial charge is 0.193 e. The largest absolute Gasteiger partial charge is 0.390 e. The van der Waals surface area contributed by atoms with Crippen molar-refractivity contribution >= 4 is 5.78 Å². The van der Waals surface area contributed by atoms with E-state index in [0.29, 0.717) is 25.7 Å². The van der Waals surface area contributed by atoms with Gasteiger partial charge in [0.2, 0.25) is 0 Å². The molecule has 232 valence electrons. The number of benzene rings is 1. The predicted octanol–water partition coefficient (Wildman–Crippen LogP) is 4.79. The molecule has 4 N–H and O–H groups in total. The van der Waals surface area contributed by atoms with Crippen LogP contribution in [-0.4, -0.2) is 61.3 Å². The maximum atomic E-state index is 13.6. The van der Waals surface area contributed by atoms with Gasteiger partial charge in [-0.3, -0.25) is 4.79 Å². The summed E-state index contributed by atoms with van der Waals surface area (Å²) in [4.78, 5) is 13.6. The van der Waals surface area contributed by atoms with Crippen LogP contribution < -0.4 is 0 Å². The molecule has 3 saturated carbocycles. The number of hydrogen-bond donors (Lipinski definition) is 4. The van der Waals surface area contributed by atoms with Crippen LogP contribution in [0.2, 0.25) is 0 Å². The van der Waals surface area contributed by atoms with Crippen molar-refractivity contribution < 1.29 is 34.7 Å². The molecule has 4 aliphatic carbocycles. The lowest BCUT2D eigenvalue weighted by Crippen LogP contribution is -2.62. The average molecular weight is 583 g/mol. The quantitative estimate of drug-likeness (QED) is 0.395. The Kier molecular flexibility index (Phi) is 7.02. The summed E-state index contributed by atoms with van der Waals surface area (Å²) in [6.45, 7) is 12.0. The van der Waals surface area contributed by atoms with Gasteiger partial charge in [-0.15, -0.1) is 0 Å². The summed E-state index contributed by atoms with van der Waals surface area (Å²) in [6, 6.07) is 9.96. The normalized spacial score (nSPS) is 48.8. The highest BCUT2D eigenvalue weighted by Crippen LogP contribution is 2.70. The van der Waals surface area contributed by atoms with Crippen LogP contribution in [-0.2, 0) is 20.1 Å². The minimum Gasteiger partial charge on any atom is -0.390 e. The van der Waals surface area contributed by atoms with Crippen molar-refractivity contribution in [2.24, 2.45) is 28.6 Å². The van der Waals surface area contributed by atoms with Crippen molar-refractivity contribution in [1.82, 2.24) is 0 Å². The molecule has 11 atom stereocenters. The van der Waals surface area contributed by atoms with Crippen LogP contribution in [0.4, 0.5) is 0 Å². The van der Waals surface area contributed by atoms with E-state index in [0.717, 1.165) is 30.4 Å². The highest BCUT2D eigenvalue weighted by atomic mass is 16.8. The minimum absolute atomic E-state index is 0.0340. The van der Waals surface area contributed by atoms with Gasteiger partial charge in [-0.1, -0.05) is 44.2 Å². The standard InChI is InChI=1S/C35H50O7/c1-30(2,39)15-14-29-33(5,42-34(6,41-29)21-10-8-7-9-11-21)28-13-17-35(40)23-18-25(36)24-19-26(37)27(38)20-31(24,3)22(23)12-16-32(28,35)4/h7-11,18,22,24,26-29,37-40H,12-17,19-20H2,1-6H3/t22-,24-,26+,27-,28-,29+,31+,32+,33+,34?,35+/m0/s1. The highest BCUT2D eigenvalue weighted by molar-refractivity contribution is 5.95. The molecule has 1 aromatic rings. The summed E-state index contributed by atoms with van der Waals surface area (Å²) < 4.78 is 13.9. The van der Waals surface area contributed by atoms with Gasteiger partial charge in [0.1, 0.15) is 0 Å². The number of ketones is 1. The SMILES string of the molecule is CC(C)(O)CC[C@H]1OC(C)(c2ccccc2)O[C@]1(C)[C@H]1CC[C@@]2(O)C3=CC(=O)[C@@H]4C[C@@H](O)[C@@H](O)C[C@]4(C)[C@H]3CC[C@]12C. The fraction of sp³-hybridized carbons (Fsp3) is 0.743. The lowest BCUT2D eigenvalue weighted by atomic mass is 9.45. The first-order valence-electron chi connectivity index (χ1n) is 16.0. The third-order valence-corrected chi connectivity index (χ3v) is 12.5. The van der Waals surface area contributed by atoms with E-state index in [1.807, 2.05) is 51.1 Å². The molecule has 1 aromatic carbocycles. The number of allylic oxidation sites excluding steroid dienone is 1. The van der Waals surface area contributed by atoms with Crippen molar-refractivity contribution in [1.29, 1.82) is 0 Å². The molecule has 1 unspecified atom stereocenters. The summed E-state index contributed by atoms with van der Waals surface area (Å²) in [5.41, 5.74) is -2.13. The number of rotatable bonds is 5. The zero-order chi connectivity index (χ0) is 30.5. The second kappa shape index (κ2) is 9.69. The number of hydrogen-bond acceptors (Lipinski definition) is 7. The van der Waals surface area contributed by atoms with Crippen molar-refractivity contribution in [2.45, 2.75) is 134 Å². The van der Waals surface area contributed by atoms with E-state index in [1.54, 1.807) is 6.08 Å². The van der Waals surface area contributed by atoms with E-state index in [-0.39, 0.29) is 36.1 Å². The second-order valence-corrected chi connectivity index (χ2v) is 15.7. The molecule has 7 heteroatoms. The lowest BCUT2D eigenvalue weighted by molar-refractivity contribution is -0.206. The zero-order valence-corrected chi connectivity index (χ0v) is 26.1. The van der Waals surface area contributed by atoms with Crippen LogP contribution in [0, 0.1) is 28.6 Å². The molecular weight excluding hydrogens is 532 g/mol. The molecule has 42 heavy (non-hydrogen) atoms. The molecule has 5 aliphatic rings. The Morgan fingerprint density at radius 3 is 2.33 bits per heavy atom. The molecule has 1 aliphatic heterocycles. The maximum absolute atomic E-state index is 13.6. The molecule has 4 fully saturated rings. The van der Waals surface area contributed by atoms with Crippen LogP contribution in [0.5, 0.6) is 0 Å². The van der Waals surface area contributed by atoms with Gasteiger partial charge in [0, 0.05) is 16.9 Å². The Labute approximate surface area is 250 Å². The zero-order valence-electron chi connectivity index (χ0n) is 26.1. The van der Waals surface area contributed by atoms with Crippen LogP contribution in [0.1, 0.15) is 98.5 Å². The van der Waals surface area contributed by atoms with Crippen LogP contribution in [0.15, 0.2) is 42.0 Å². The predicted molar refractivity (Wildman–Crippen MR) is 158 cm³/mol. The van der Waals surface area contributed by atoms with Crippen molar-refractivity contribution in [3.63, 3.8) is 0 Å². The Hall–Kier alpha value is -1.61. The number of ether oxygens (including phenoxy) is 2. The maximum Gasteiger partial charge on any atom is 0.193 e. The molecule has 0 bridgehead atoms. The lowest BCUT2D eigenvalue weighted by Gasteiger charge is -2.60. The van der Waals surface area contributed by atoms with Crippen molar-refractivity contribution in [2.75, 3.05) is 0 Å². The van der Waals surface area contributed by atoms with E-state index in [2.05, 4.69) is 20.8 Å². The van der Waals surface area contributed by atoms with E-state index in [9.17, 15) is 25.2 Å². The fourth-order valence-electron chi connectivity index (χ4n) is 10.2. The van der Waals surface area contributed by atoms with Gasteiger partial charge in [-0.25, -0.2) is 0 Å². The van der Waals surface area contributed by atoms with E-state index < -0.39 is 45.6 Å². The summed E-state index contributed by atoms with van der Waals surface area (Å²) in [7, 11) is 0. The van der Waals surface area contributed by atoms with Crippen LogP contribution in [0.25, 0.3) is 0 Å². The molecular formula is C35H50O7. The summed E-state index contributed by atoms with van der Waals surface area (Å²) in [5, 5.41) is 44.5. The Balaban J connectivity index is 1.38. The first-order chi connectivity index (χ1) is 19.5. The van der Waals surface area contributed by atoms with Crippen molar-refractivity contribution in [3.05, 3.63) is 47.5 Å². The van der Waals surface area contributed by atoms with Gasteiger partial charge >= 0.3 is 0 Å². The molecule has 0 amide bonds. The molecule has 1 heterocycles. The van der Waals surface area contributed by atoms with E-state index >= 15 is 0 Å². The second-order valence-electron chi connectivity index (χ2n) is 15.7. The third kappa shape index (κ3) is 4.33. The third-order valence-electron chi connectivity index (χ3n) is 12.5. The van der Waals surface area contributed by atoms with Gasteiger partial charge in [0.25, 0.3) is 0 Å². The number of aliphatic hydroxyl groups is 4.